The standard InChI is InChI=1S/C48H38N4O3.Ni/c1-3-53-47-45-43(33-21-13-7-14-22-33)39-29-27-37(50-39)41(31-17-9-5-10-18-31)35-25-26-36(49-35)42(32-19-11-6-12-20-32)38-28-30-40(51-38)44(34-23-15-8-16-24-34)46(52-45)48(55-47)54-4-2;/h5-30,47-48H,3-4H2,1-2H3;/q-2;+2/t47-,48-;/m0./s1. The van der Waals surface area contributed by atoms with Gasteiger partial charge >= 0.3 is 16.5 Å². The van der Waals surface area contributed by atoms with Crippen LogP contribution in [0.15, 0.2) is 146 Å². The maximum atomic E-state index is 6.81. The average Bonchev–Trinajstić information content (AvgIpc) is 4.02. The second-order valence-electron chi connectivity index (χ2n) is 13.2. The molecule has 0 saturated heterocycles. The smallest absolute Gasteiger partial charge is 0.657 e. The number of aromatic nitrogens is 4. The molecule has 0 unspecified atom stereocenters. The van der Waals surface area contributed by atoms with Crippen LogP contribution in [-0.2, 0) is 30.7 Å². The van der Waals surface area contributed by atoms with Crippen molar-refractivity contribution < 1.29 is 30.7 Å². The van der Waals surface area contributed by atoms with Crippen LogP contribution in [0.2, 0.25) is 0 Å². The van der Waals surface area contributed by atoms with Crippen molar-refractivity contribution in [3.05, 3.63) is 168 Å². The molecule has 9 rings (SSSR count). The van der Waals surface area contributed by atoms with Crippen LogP contribution in [-0.4, -0.2) is 23.2 Å². The summed E-state index contributed by atoms with van der Waals surface area (Å²) in [5.74, 6) is 0. The number of nitrogens with zero attached hydrogens (tertiary/aromatic N) is 4. The zero-order chi connectivity index (χ0) is 37.1. The second kappa shape index (κ2) is 16.5. The largest absolute Gasteiger partial charge is 2.00 e. The van der Waals surface area contributed by atoms with Gasteiger partial charge in [0.25, 0.3) is 0 Å². The van der Waals surface area contributed by atoms with E-state index in [4.69, 9.17) is 34.1 Å². The molecule has 2 atom stereocenters. The van der Waals surface area contributed by atoms with E-state index in [9.17, 15) is 0 Å². The summed E-state index contributed by atoms with van der Waals surface area (Å²) in [6.45, 7) is 4.71. The van der Waals surface area contributed by atoms with Crippen LogP contribution >= 0.6 is 0 Å². The van der Waals surface area contributed by atoms with Crippen LogP contribution in [0.5, 0.6) is 0 Å². The molecule has 0 spiro atoms. The molecule has 0 amide bonds. The summed E-state index contributed by atoms with van der Waals surface area (Å²) in [7, 11) is 0. The monoisotopic (exact) mass is 776 g/mol. The normalized spacial score (nSPS) is 15.0. The number of benzene rings is 4. The Morgan fingerprint density at radius 1 is 0.446 bits per heavy atom. The molecule has 2 aliphatic heterocycles. The first kappa shape index (κ1) is 37.1. The molecule has 0 radical (unpaired) electrons. The van der Waals surface area contributed by atoms with Crippen molar-refractivity contribution in [1.29, 1.82) is 0 Å². The number of fused-ring (bicyclic) bond motifs is 8. The fraction of sp³-hybridized carbons (Fsp3) is 0.125. The van der Waals surface area contributed by atoms with Crippen LogP contribution in [0.1, 0.15) is 49.2 Å². The maximum absolute atomic E-state index is 6.81. The number of hydrogen-bond acceptors (Lipinski definition) is 5. The van der Waals surface area contributed by atoms with E-state index in [1.165, 1.54) is 0 Å². The fourth-order valence-electron chi connectivity index (χ4n) is 7.41. The van der Waals surface area contributed by atoms with Crippen molar-refractivity contribution in [3.63, 3.8) is 0 Å². The van der Waals surface area contributed by atoms with Gasteiger partial charge in [0, 0.05) is 13.2 Å². The molecule has 0 aliphatic carbocycles. The molecule has 8 bridgehead atoms. The molecular formula is C48H38N4NiO3. The Morgan fingerprint density at radius 3 is 1.11 bits per heavy atom. The molecule has 2 aliphatic rings. The predicted molar refractivity (Wildman–Crippen MR) is 219 cm³/mol. The summed E-state index contributed by atoms with van der Waals surface area (Å²) >= 11 is 0. The molecule has 7 aromatic rings. The Hall–Kier alpha value is -5.89. The zero-order valence-electron chi connectivity index (χ0n) is 30.9. The van der Waals surface area contributed by atoms with Gasteiger partial charge in [0.15, 0.2) is 0 Å². The van der Waals surface area contributed by atoms with E-state index in [0.29, 0.717) is 24.6 Å². The van der Waals surface area contributed by atoms with E-state index in [1.807, 2.05) is 86.6 Å². The van der Waals surface area contributed by atoms with Gasteiger partial charge in [0.05, 0.1) is 11.4 Å². The van der Waals surface area contributed by atoms with Crippen molar-refractivity contribution >= 4 is 34.2 Å². The molecule has 278 valence electrons. The van der Waals surface area contributed by atoms with Crippen LogP contribution in [0.3, 0.4) is 0 Å². The van der Waals surface area contributed by atoms with Crippen LogP contribution < -0.4 is 9.97 Å². The van der Waals surface area contributed by atoms with Gasteiger partial charge in [-0.1, -0.05) is 146 Å². The third-order valence-electron chi connectivity index (χ3n) is 9.79. The van der Waals surface area contributed by atoms with Crippen molar-refractivity contribution in [2.45, 2.75) is 26.4 Å². The molecule has 8 heteroatoms. The Balaban J connectivity index is 0.00000441. The first-order valence-corrected chi connectivity index (χ1v) is 18.7. The van der Waals surface area contributed by atoms with Gasteiger partial charge in [-0.15, -0.1) is 22.1 Å². The molecule has 3 aromatic heterocycles. The number of rotatable bonds is 8. The summed E-state index contributed by atoms with van der Waals surface area (Å²) in [5.41, 5.74) is 13.2. The summed E-state index contributed by atoms with van der Waals surface area (Å²) in [5, 5.41) is 0. The Bertz CT molecular complexity index is 2480. The minimum atomic E-state index is -0.838. The van der Waals surface area contributed by atoms with Gasteiger partial charge in [-0.05, 0) is 70.5 Å². The summed E-state index contributed by atoms with van der Waals surface area (Å²) in [6.07, 6.45) is 2.49. The second-order valence-corrected chi connectivity index (χ2v) is 13.2. The predicted octanol–water partition coefficient (Wildman–Crippen LogP) is 11.2. The Labute approximate surface area is 336 Å². The van der Waals surface area contributed by atoms with Crippen molar-refractivity contribution in [2.75, 3.05) is 13.2 Å². The fourth-order valence-corrected chi connectivity index (χ4v) is 7.41. The molecule has 0 saturated carbocycles. The van der Waals surface area contributed by atoms with Crippen molar-refractivity contribution in [3.8, 4) is 44.5 Å². The number of hydrogen-bond donors (Lipinski definition) is 0. The van der Waals surface area contributed by atoms with Gasteiger partial charge in [0.2, 0.25) is 12.6 Å². The van der Waals surface area contributed by atoms with Crippen molar-refractivity contribution in [1.82, 2.24) is 19.9 Å². The van der Waals surface area contributed by atoms with E-state index in [1.54, 1.807) is 0 Å². The molecule has 0 fully saturated rings. The average molecular weight is 778 g/mol. The Morgan fingerprint density at radius 2 is 0.768 bits per heavy atom. The summed E-state index contributed by atoms with van der Waals surface area (Å²) in [6, 6.07) is 49.2. The topological polar surface area (TPSA) is 81.7 Å². The van der Waals surface area contributed by atoms with Gasteiger partial charge in [-0.3, -0.25) is 0 Å². The van der Waals surface area contributed by atoms with E-state index >= 15 is 0 Å². The summed E-state index contributed by atoms with van der Waals surface area (Å²) < 4.78 is 19.5. The van der Waals surface area contributed by atoms with Crippen LogP contribution in [0, 0.1) is 0 Å². The van der Waals surface area contributed by atoms with Gasteiger partial charge in [0.1, 0.15) is 11.4 Å². The van der Waals surface area contributed by atoms with E-state index < -0.39 is 12.6 Å². The van der Waals surface area contributed by atoms with Crippen LogP contribution in [0.25, 0.3) is 78.7 Å². The maximum Gasteiger partial charge on any atom is 2.00 e. The molecule has 4 aromatic carbocycles. The van der Waals surface area contributed by atoms with Gasteiger partial charge in [-0.25, -0.2) is 9.97 Å². The first-order valence-electron chi connectivity index (χ1n) is 18.7. The summed E-state index contributed by atoms with van der Waals surface area (Å²) in [4.78, 5) is 21.6. The third-order valence-corrected chi connectivity index (χ3v) is 9.79. The molecule has 5 heterocycles. The van der Waals surface area contributed by atoms with Crippen LogP contribution in [0.4, 0.5) is 0 Å². The molecular weight excluding hydrogens is 739 g/mol. The van der Waals surface area contributed by atoms with E-state index in [0.717, 1.165) is 78.0 Å². The zero-order valence-corrected chi connectivity index (χ0v) is 31.9. The van der Waals surface area contributed by atoms with E-state index in [2.05, 4.69) is 84.9 Å². The third kappa shape index (κ3) is 7.05. The first-order chi connectivity index (χ1) is 27.2. The molecule has 0 N–H and O–H groups in total. The van der Waals surface area contributed by atoms with E-state index in [-0.39, 0.29) is 16.5 Å². The minimum Gasteiger partial charge on any atom is -0.657 e. The Kier molecular flexibility index (Phi) is 10.9. The quantitative estimate of drug-likeness (QED) is 0.142. The van der Waals surface area contributed by atoms with Gasteiger partial charge in [-0.2, -0.15) is 0 Å². The van der Waals surface area contributed by atoms with Crippen molar-refractivity contribution in [2.24, 2.45) is 0 Å². The molecule has 56 heavy (non-hydrogen) atoms. The molecule has 7 nitrogen and oxygen atoms in total. The minimum absolute atomic E-state index is 0. The SMILES string of the molecule is CCO[C@H]1O[C@H](OCC)c2nc1c(-c1ccccc1)c1ccc([n-]1)c(-c1ccccc1)c1nc(c(-c3ccccc3)c3ccc([n-]3)c2-c2ccccc2)C=C1.[Ni+2]. The number of ether oxygens (including phenoxy) is 3. The van der Waals surface area contributed by atoms with Gasteiger partial charge < -0.3 is 24.2 Å².